The summed E-state index contributed by atoms with van der Waals surface area (Å²) in [6.07, 6.45) is -4.62. The van der Waals surface area contributed by atoms with Crippen LogP contribution in [0.1, 0.15) is 52.8 Å². The molecule has 0 saturated heterocycles. The molecule has 2 aromatic heterocycles. The summed E-state index contributed by atoms with van der Waals surface area (Å²) in [6, 6.07) is 3.78. The third-order valence-electron chi connectivity index (χ3n) is 5.52. The number of aromatic nitrogens is 3. The van der Waals surface area contributed by atoms with E-state index in [4.69, 9.17) is 10.5 Å². The predicted molar refractivity (Wildman–Crippen MR) is 107 cm³/mol. The lowest BCUT2D eigenvalue weighted by Gasteiger charge is -2.28. The quantitative estimate of drug-likeness (QED) is 0.605. The molecule has 168 valence electrons. The Labute approximate surface area is 180 Å². The SMILES string of the molecule is CCN(C(=O)c1cc2c3c(c(N)nc2cc1F)COC3)[C@H](C)c1ccc(C(F)(F)F)nn1. The first-order valence-electron chi connectivity index (χ1n) is 9.81. The van der Waals surface area contributed by atoms with Crippen LogP contribution in [0.15, 0.2) is 24.3 Å². The van der Waals surface area contributed by atoms with Crippen molar-refractivity contribution in [2.75, 3.05) is 12.3 Å². The van der Waals surface area contributed by atoms with Gasteiger partial charge in [0, 0.05) is 23.6 Å². The van der Waals surface area contributed by atoms with Crippen LogP contribution in [-0.4, -0.2) is 32.5 Å². The Bertz CT molecular complexity index is 1200. The second-order valence-corrected chi connectivity index (χ2v) is 7.40. The van der Waals surface area contributed by atoms with E-state index in [0.717, 1.165) is 23.8 Å². The van der Waals surface area contributed by atoms with Crippen molar-refractivity contribution in [1.29, 1.82) is 0 Å². The minimum atomic E-state index is -4.62. The summed E-state index contributed by atoms with van der Waals surface area (Å²) < 4.78 is 58.6. The number of alkyl halides is 3. The summed E-state index contributed by atoms with van der Waals surface area (Å²) in [5.74, 6) is -1.16. The molecule has 0 spiro atoms. The maximum atomic E-state index is 14.9. The van der Waals surface area contributed by atoms with Gasteiger partial charge < -0.3 is 15.4 Å². The molecule has 3 aromatic rings. The number of benzene rings is 1. The number of pyridine rings is 1. The largest absolute Gasteiger partial charge is 0.435 e. The zero-order chi connectivity index (χ0) is 23.2. The van der Waals surface area contributed by atoms with E-state index < -0.39 is 29.6 Å². The molecule has 1 aliphatic heterocycles. The lowest BCUT2D eigenvalue weighted by Crippen LogP contribution is -2.34. The van der Waals surface area contributed by atoms with E-state index in [-0.39, 0.29) is 36.8 Å². The van der Waals surface area contributed by atoms with Gasteiger partial charge in [-0.1, -0.05) is 0 Å². The van der Waals surface area contributed by atoms with E-state index in [9.17, 15) is 22.4 Å². The third kappa shape index (κ3) is 3.72. The second kappa shape index (κ2) is 7.97. The molecule has 3 heterocycles. The summed E-state index contributed by atoms with van der Waals surface area (Å²) in [7, 11) is 0. The average Bonchev–Trinajstić information content (AvgIpc) is 3.24. The Hall–Kier alpha value is -3.34. The molecule has 1 aliphatic rings. The van der Waals surface area contributed by atoms with Crippen LogP contribution in [0.25, 0.3) is 10.9 Å². The summed E-state index contributed by atoms with van der Waals surface area (Å²) in [6.45, 7) is 3.99. The number of anilines is 1. The Morgan fingerprint density at radius 1 is 1.22 bits per heavy atom. The van der Waals surface area contributed by atoms with Gasteiger partial charge in [0.25, 0.3) is 5.91 Å². The molecule has 0 radical (unpaired) electrons. The molecule has 4 rings (SSSR count). The van der Waals surface area contributed by atoms with Gasteiger partial charge in [-0.2, -0.15) is 18.3 Å². The van der Waals surface area contributed by atoms with Crippen LogP contribution < -0.4 is 5.73 Å². The Kier molecular flexibility index (Phi) is 5.45. The van der Waals surface area contributed by atoms with Crippen LogP contribution in [-0.2, 0) is 24.1 Å². The molecule has 0 aliphatic carbocycles. The minimum absolute atomic E-state index is 0.151. The summed E-state index contributed by atoms with van der Waals surface area (Å²) in [5.41, 5.74) is 6.53. The van der Waals surface area contributed by atoms with Gasteiger partial charge in [-0.3, -0.25) is 4.79 Å². The molecule has 0 fully saturated rings. The number of halogens is 4. The normalized spacial score (nSPS) is 14.4. The number of hydrogen-bond acceptors (Lipinski definition) is 6. The smallest absolute Gasteiger partial charge is 0.383 e. The van der Waals surface area contributed by atoms with E-state index >= 15 is 0 Å². The fourth-order valence-electron chi connectivity index (χ4n) is 3.78. The Balaban J connectivity index is 1.70. The molecule has 32 heavy (non-hydrogen) atoms. The second-order valence-electron chi connectivity index (χ2n) is 7.40. The van der Waals surface area contributed by atoms with Crippen molar-refractivity contribution < 1.29 is 27.1 Å². The summed E-state index contributed by atoms with van der Waals surface area (Å²) in [4.78, 5) is 18.7. The molecule has 7 nitrogen and oxygen atoms in total. The van der Waals surface area contributed by atoms with Crippen molar-refractivity contribution in [3.05, 3.63) is 58.2 Å². The number of nitrogens with zero attached hydrogens (tertiary/aromatic N) is 4. The molecule has 1 amide bonds. The highest BCUT2D eigenvalue weighted by Crippen LogP contribution is 2.33. The van der Waals surface area contributed by atoms with Crippen molar-refractivity contribution in [3.8, 4) is 0 Å². The van der Waals surface area contributed by atoms with E-state index in [2.05, 4.69) is 15.2 Å². The van der Waals surface area contributed by atoms with Crippen molar-refractivity contribution in [2.24, 2.45) is 0 Å². The molecular formula is C21H19F4N5O2. The topological polar surface area (TPSA) is 94.2 Å². The van der Waals surface area contributed by atoms with Gasteiger partial charge in [0.1, 0.15) is 11.6 Å². The predicted octanol–water partition coefficient (Wildman–Crippen LogP) is 4.02. The summed E-state index contributed by atoms with van der Waals surface area (Å²) in [5, 5.41) is 7.39. The van der Waals surface area contributed by atoms with Gasteiger partial charge in [-0.15, -0.1) is 5.10 Å². The van der Waals surface area contributed by atoms with E-state index in [1.807, 2.05) is 0 Å². The highest BCUT2D eigenvalue weighted by Gasteiger charge is 2.34. The van der Waals surface area contributed by atoms with Gasteiger partial charge in [-0.05, 0) is 37.6 Å². The highest BCUT2D eigenvalue weighted by molar-refractivity contribution is 5.99. The van der Waals surface area contributed by atoms with Crippen molar-refractivity contribution in [3.63, 3.8) is 0 Å². The Morgan fingerprint density at radius 2 is 1.94 bits per heavy atom. The average molecular weight is 449 g/mol. The number of nitrogens with two attached hydrogens (primary N) is 1. The maximum Gasteiger partial charge on any atom is 0.435 e. The van der Waals surface area contributed by atoms with Crippen LogP contribution >= 0.6 is 0 Å². The first-order chi connectivity index (χ1) is 15.1. The molecule has 11 heteroatoms. The third-order valence-corrected chi connectivity index (χ3v) is 5.52. The number of rotatable bonds is 4. The Morgan fingerprint density at radius 3 is 2.56 bits per heavy atom. The van der Waals surface area contributed by atoms with Gasteiger partial charge >= 0.3 is 6.18 Å². The van der Waals surface area contributed by atoms with Crippen molar-refractivity contribution >= 4 is 22.6 Å². The number of amides is 1. The fourth-order valence-corrected chi connectivity index (χ4v) is 3.78. The first kappa shape index (κ1) is 21.9. The molecule has 1 atom stereocenters. The molecule has 0 saturated carbocycles. The number of nitrogen functional groups attached to an aromatic ring is 1. The van der Waals surface area contributed by atoms with Gasteiger partial charge in [0.2, 0.25) is 0 Å². The fraction of sp³-hybridized carbons (Fsp3) is 0.333. The van der Waals surface area contributed by atoms with Crippen LogP contribution in [0.4, 0.5) is 23.4 Å². The lowest BCUT2D eigenvalue weighted by atomic mass is 10.0. The van der Waals surface area contributed by atoms with Crippen LogP contribution in [0.2, 0.25) is 0 Å². The highest BCUT2D eigenvalue weighted by atomic mass is 19.4. The van der Waals surface area contributed by atoms with Gasteiger partial charge in [-0.25, -0.2) is 9.37 Å². The number of carbonyl (C=O) groups is 1. The molecule has 0 bridgehead atoms. The van der Waals surface area contributed by atoms with E-state index in [0.29, 0.717) is 16.5 Å². The monoisotopic (exact) mass is 449 g/mol. The van der Waals surface area contributed by atoms with Crippen LogP contribution in [0.5, 0.6) is 0 Å². The lowest BCUT2D eigenvalue weighted by molar-refractivity contribution is -0.141. The van der Waals surface area contributed by atoms with Crippen LogP contribution in [0.3, 0.4) is 0 Å². The van der Waals surface area contributed by atoms with Crippen LogP contribution in [0, 0.1) is 5.82 Å². The van der Waals surface area contributed by atoms with Crippen molar-refractivity contribution in [2.45, 2.75) is 39.3 Å². The zero-order valence-electron chi connectivity index (χ0n) is 17.2. The standard InChI is InChI=1S/C21H19F4N5O2/c1-3-30(10(2)16-4-5-18(29-28-16)21(23,24)25)20(31)12-6-11-13-8-32-9-14(13)19(26)27-17(11)7-15(12)22/h4-7,10H,3,8-9H2,1-2H3,(H2,26,27)/t10-/m1/s1. The summed E-state index contributed by atoms with van der Waals surface area (Å²) >= 11 is 0. The first-order valence-corrected chi connectivity index (χ1v) is 9.81. The molecule has 2 N–H and O–H groups in total. The van der Waals surface area contributed by atoms with Crippen molar-refractivity contribution in [1.82, 2.24) is 20.1 Å². The number of fused-ring (bicyclic) bond motifs is 3. The molecule has 1 aromatic carbocycles. The number of ether oxygens (including phenoxy) is 1. The maximum absolute atomic E-state index is 14.9. The number of hydrogen-bond donors (Lipinski definition) is 1. The molecular weight excluding hydrogens is 430 g/mol. The zero-order valence-corrected chi connectivity index (χ0v) is 17.2. The van der Waals surface area contributed by atoms with Gasteiger partial charge in [0.05, 0.1) is 36.0 Å². The number of carbonyl (C=O) groups excluding carboxylic acids is 1. The minimum Gasteiger partial charge on any atom is -0.383 e. The van der Waals surface area contributed by atoms with E-state index in [1.165, 1.54) is 11.0 Å². The molecule has 0 unspecified atom stereocenters. The van der Waals surface area contributed by atoms with Gasteiger partial charge in [0.15, 0.2) is 5.69 Å². The van der Waals surface area contributed by atoms with E-state index in [1.54, 1.807) is 13.8 Å².